The molecule has 2 aromatic rings. The van der Waals surface area contributed by atoms with E-state index in [-0.39, 0.29) is 16.2 Å². The van der Waals surface area contributed by atoms with Gasteiger partial charge in [-0.25, -0.2) is 12.7 Å². The number of ketones is 1. The van der Waals surface area contributed by atoms with E-state index in [1.54, 1.807) is 25.1 Å². The first-order valence-electron chi connectivity index (χ1n) is 6.58. The lowest BCUT2D eigenvalue weighted by Gasteiger charge is -2.13. The highest BCUT2D eigenvalue weighted by molar-refractivity contribution is 7.90. The quantitative estimate of drug-likeness (QED) is 0.808. The van der Waals surface area contributed by atoms with Gasteiger partial charge >= 0.3 is 0 Å². The Bertz CT molecular complexity index is 896. The van der Waals surface area contributed by atoms with Crippen LogP contribution in [0.15, 0.2) is 35.2 Å². The highest BCUT2D eigenvalue weighted by Crippen LogP contribution is 2.30. The SMILES string of the molecule is Cc1cc(C(=O)CN2C(=O)c3ccccc3S2(=O)=O)c(C)s1. The molecule has 0 aliphatic carbocycles. The number of thiophene rings is 1. The predicted molar refractivity (Wildman–Crippen MR) is 82.8 cm³/mol. The number of fused-ring (bicyclic) bond motifs is 1. The first-order valence-corrected chi connectivity index (χ1v) is 8.84. The Balaban J connectivity index is 1.96. The summed E-state index contributed by atoms with van der Waals surface area (Å²) in [7, 11) is -3.94. The second-order valence-corrected chi connectivity index (χ2v) is 8.35. The molecule has 0 radical (unpaired) electrons. The van der Waals surface area contributed by atoms with Gasteiger partial charge in [0.25, 0.3) is 15.9 Å². The molecule has 0 atom stereocenters. The number of rotatable bonds is 3. The van der Waals surface area contributed by atoms with Crippen LogP contribution in [0.4, 0.5) is 0 Å². The summed E-state index contributed by atoms with van der Waals surface area (Å²) in [5.74, 6) is -1.01. The summed E-state index contributed by atoms with van der Waals surface area (Å²) in [4.78, 5) is 26.4. The Morgan fingerprint density at radius 2 is 1.91 bits per heavy atom. The minimum Gasteiger partial charge on any atom is -0.292 e. The highest BCUT2D eigenvalue weighted by atomic mass is 32.2. The third-order valence-corrected chi connectivity index (χ3v) is 6.29. The average Bonchev–Trinajstić information content (AvgIpc) is 2.90. The lowest BCUT2D eigenvalue weighted by molar-refractivity contribution is 0.0820. The van der Waals surface area contributed by atoms with E-state index in [1.165, 1.54) is 23.5 Å². The van der Waals surface area contributed by atoms with Crippen LogP contribution in [0.1, 0.15) is 30.5 Å². The molecule has 114 valence electrons. The van der Waals surface area contributed by atoms with Gasteiger partial charge in [0, 0.05) is 15.3 Å². The first kappa shape index (κ1) is 14.9. The van der Waals surface area contributed by atoms with Gasteiger partial charge in [-0.1, -0.05) is 12.1 Å². The van der Waals surface area contributed by atoms with Crippen molar-refractivity contribution < 1.29 is 18.0 Å². The number of hydrogen-bond acceptors (Lipinski definition) is 5. The maximum atomic E-state index is 12.4. The Kier molecular flexibility index (Phi) is 3.41. The number of nitrogens with zero attached hydrogens (tertiary/aromatic N) is 1. The molecule has 0 bridgehead atoms. The molecular weight excluding hydrogens is 322 g/mol. The van der Waals surface area contributed by atoms with Crippen LogP contribution < -0.4 is 0 Å². The largest absolute Gasteiger partial charge is 0.292 e. The van der Waals surface area contributed by atoms with Gasteiger partial charge in [0.15, 0.2) is 5.78 Å². The zero-order chi connectivity index (χ0) is 16.1. The van der Waals surface area contributed by atoms with Crippen LogP contribution >= 0.6 is 11.3 Å². The maximum absolute atomic E-state index is 12.4. The Hall–Kier alpha value is -1.99. The van der Waals surface area contributed by atoms with Crippen LogP contribution in [-0.2, 0) is 10.0 Å². The number of amides is 1. The molecule has 1 aliphatic heterocycles. The molecule has 1 aromatic carbocycles. The van der Waals surface area contributed by atoms with E-state index in [0.717, 1.165) is 9.75 Å². The van der Waals surface area contributed by atoms with E-state index in [9.17, 15) is 18.0 Å². The molecule has 7 heteroatoms. The fraction of sp³-hybridized carbons (Fsp3) is 0.200. The molecule has 0 saturated carbocycles. The van der Waals surface area contributed by atoms with Crippen molar-refractivity contribution in [3.8, 4) is 0 Å². The first-order chi connectivity index (χ1) is 10.3. The molecule has 0 saturated heterocycles. The lowest BCUT2D eigenvalue weighted by atomic mass is 10.1. The van der Waals surface area contributed by atoms with Gasteiger partial charge in [-0.05, 0) is 32.0 Å². The molecular formula is C15H13NO4S2. The van der Waals surface area contributed by atoms with E-state index >= 15 is 0 Å². The summed E-state index contributed by atoms with van der Waals surface area (Å²) < 4.78 is 25.5. The third kappa shape index (κ3) is 2.17. The van der Waals surface area contributed by atoms with Crippen LogP contribution in [-0.4, -0.2) is 31.0 Å². The van der Waals surface area contributed by atoms with Gasteiger partial charge in [-0.15, -0.1) is 11.3 Å². The molecule has 0 fully saturated rings. The van der Waals surface area contributed by atoms with Crippen LogP contribution in [0.3, 0.4) is 0 Å². The van der Waals surface area contributed by atoms with Crippen LogP contribution in [0.5, 0.6) is 0 Å². The van der Waals surface area contributed by atoms with Gasteiger partial charge < -0.3 is 0 Å². The van der Waals surface area contributed by atoms with Gasteiger partial charge in [0.05, 0.1) is 5.56 Å². The summed E-state index contributed by atoms with van der Waals surface area (Å²) >= 11 is 1.47. The maximum Gasteiger partial charge on any atom is 0.269 e. The Labute approximate surface area is 132 Å². The smallest absolute Gasteiger partial charge is 0.269 e. The summed E-state index contributed by atoms with van der Waals surface area (Å²) in [5.41, 5.74) is 0.593. The van der Waals surface area contributed by atoms with Gasteiger partial charge in [0.2, 0.25) is 0 Å². The van der Waals surface area contributed by atoms with Crippen molar-refractivity contribution in [2.75, 3.05) is 6.54 Å². The normalized spacial score (nSPS) is 15.9. The third-order valence-electron chi connectivity index (χ3n) is 3.54. The lowest BCUT2D eigenvalue weighted by Crippen LogP contribution is -2.35. The number of carbonyl (C=O) groups excluding carboxylic acids is 2. The van der Waals surface area contributed by atoms with Gasteiger partial charge in [0.1, 0.15) is 11.4 Å². The van der Waals surface area contributed by atoms with E-state index in [0.29, 0.717) is 9.87 Å². The summed E-state index contributed by atoms with van der Waals surface area (Å²) in [6.07, 6.45) is 0. The van der Waals surface area contributed by atoms with Crippen LogP contribution in [0.25, 0.3) is 0 Å². The van der Waals surface area contributed by atoms with Crippen molar-refractivity contribution in [3.63, 3.8) is 0 Å². The highest BCUT2D eigenvalue weighted by Gasteiger charge is 2.41. The zero-order valence-corrected chi connectivity index (χ0v) is 13.6. The number of sulfonamides is 1. The van der Waals surface area contributed by atoms with Crippen molar-refractivity contribution in [2.45, 2.75) is 18.7 Å². The fourth-order valence-corrected chi connectivity index (χ4v) is 4.98. The standard InChI is InChI=1S/C15H13NO4S2/c1-9-7-12(10(2)21-9)13(17)8-16-15(18)11-5-3-4-6-14(11)22(16,19)20/h3-7H,8H2,1-2H3. The van der Waals surface area contributed by atoms with Crippen LogP contribution in [0, 0.1) is 13.8 Å². The molecule has 5 nitrogen and oxygen atoms in total. The van der Waals surface area contributed by atoms with E-state index in [4.69, 9.17) is 0 Å². The number of carbonyl (C=O) groups is 2. The molecule has 0 unspecified atom stereocenters. The van der Waals surface area contributed by atoms with Crippen molar-refractivity contribution >= 4 is 33.1 Å². The van der Waals surface area contributed by atoms with Crippen molar-refractivity contribution in [1.29, 1.82) is 0 Å². The summed E-state index contributed by atoms with van der Waals surface area (Å²) in [6, 6.07) is 7.72. The number of benzene rings is 1. The zero-order valence-electron chi connectivity index (χ0n) is 12.0. The predicted octanol–water partition coefficient (Wildman–Crippen LogP) is 2.39. The van der Waals surface area contributed by atoms with Gasteiger partial charge in [-0.3, -0.25) is 9.59 Å². The topological polar surface area (TPSA) is 71.5 Å². The monoisotopic (exact) mass is 335 g/mol. The van der Waals surface area contributed by atoms with Crippen molar-refractivity contribution in [3.05, 3.63) is 51.2 Å². The summed E-state index contributed by atoms with van der Waals surface area (Å²) in [5, 5.41) is 0. The van der Waals surface area contributed by atoms with E-state index < -0.39 is 22.5 Å². The molecule has 0 N–H and O–H groups in total. The van der Waals surface area contributed by atoms with Crippen molar-refractivity contribution in [1.82, 2.24) is 4.31 Å². The minimum atomic E-state index is -3.94. The molecule has 22 heavy (non-hydrogen) atoms. The minimum absolute atomic E-state index is 0.0361. The van der Waals surface area contributed by atoms with Crippen molar-refractivity contribution in [2.24, 2.45) is 0 Å². The molecule has 1 aliphatic rings. The molecule has 3 rings (SSSR count). The number of aryl methyl sites for hydroxylation is 2. The average molecular weight is 335 g/mol. The second-order valence-electron chi connectivity index (χ2n) is 5.06. The summed E-state index contributed by atoms with van der Waals surface area (Å²) in [6.45, 7) is 3.22. The number of hydrogen-bond donors (Lipinski definition) is 0. The molecule has 1 amide bonds. The second kappa shape index (κ2) is 5.03. The molecule has 1 aromatic heterocycles. The number of Topliss-reactive ketones (excluding diaryl/α,β-unsaturated/α-hetero) is 1. The van der Waals surface area contributed by atoms with Crippen LogP contribution in [0.2, 0.25) is 0 Å². The molecule has 0 spiro atoms. The molecule has 2 heterocycles. The van der Waals surface area contributed by atoms with Gasteiger partial charge in [-0.2, -0.15) is 0 Å². The van der Waals surface area contributed by atoms with E-state index in [2.05, 4.69) is 0 Å². The fourth-order valence-electron chi connectivity index (χ4n) is 2.51. The van der Waals surface area contributed by atoms with E-state index in [1.807, 2.05) is 6.92 Å². The Morgan fingerprint density at radius 3 is 2.50 bits per heavy atom. The Morgan fingerprint density at radius 1 is 1.23 bits per heavy atom.